The molecule has 0 bridgehead atoms. The van der Waals surface area contributed by atoms with Gasteiger partial charge in [-0.1, -0.05) is 35.9 Å². The van der Waals surface area contributed by atoms with Crippen LogP contribution in [0.2, 0.25) is 5.02 Å². The molecular weight excluding hydrogens is 362 g/mol. The monoisotopic (exact) mass is 377 g/mol. The Morgan fingerprint density at radius 1 is 1.26 bits per heavy atom. The minimum absolute atomic E-state index is 0.261. The first-order valence-corrected chi connectivity index (χ1v) is 8.50. The fraction of sp³-hybridized carbons (Fsp3) is 0.150. The topological polar surface area (TPSA) is 98.4 Å². The molecule has 1 aliphatic heterocycles. The molecule has 0 fully saturated rings. The molecule has 2 aromatic carbocycles. The van der Waals surface area contributed by atoms with Crippen LogP contribution in [-0.4, -0.2) is 19.0 Å². The number of hydrazone groups is 1. The first kappa shape index (κ1) is 18.5. The predicted octanol–water partition coefficient (Wildman–Crippen LogP) is 3.56. The number of hydrogen-bond donors (Lipinski definition) is 1. The number of halogens is 1. The molecular formula is C20H16ClN5O. The van der Waals surface area contributed by atoms with Crippen molar-refractivity contribution in [2.24, 2.45) is 16.8 Å². The Morgan fingerprint density at radius 3 is 2.59 bits per heavy atom. The molecule has 0 radical (unpaired) electrons. The summed E-state index contributed by atoms with van der Waals surface area (Å²) in [6.07, 6.45) is 0.957. The molecule has 134 valence electrons. The van der Waals surface area contributed by atoms with Crippen LogP contribution in [0, 0.1) is 28.6 Å². The van der Waals surface area contributed by atoms with E-state index in [0.717, 1.165) is 5.69 Å². The summed E-state index contributed by atoms with van der Waals surface area (Å²) in [5.74, 6) is -0.192. The minimum Gasteiger partial charge on any atom is -0.495 e. The van der Waals surface area contributed by atoms with E-state index in [0.29, 0.717) is 22.0 Å². The maximum Gasteiger partial charge on any atom is 0.137 e. The Morgan fingerprint density at radius 2 is 2.00 bits per heavy atom. The number of nitrogens with two attached hydrogens (primary N) is 1. The summed E-state index contributed by atoms with van der Waals surface area (Å²) in [5, 5.41) is 25.7. The van der Waals surface area contributed by atoms with Gasteiger partial charge in [0.1, 0.15) is 23.9 Å². The van der Waals surface area contributed by atoms with Crippen LogP contribution < -0.4 is 15.5 Å². The summed E-state index contributed by atoms with van der Waals surface area (Å²) in [7, 11) is 1.53. The quantitative estimate of drug-likeness (QED) is 0.821. The molecule has 6 nitrogen and oxygen atoms in total. The van der Waals surface area contributed by atoms with E-state index in [-0.39, 0.29) is 5.57 Å². The molecule has 2 aromatic rings. The van der Waals surface area contributed by atoms with E-state index in [9.17, 15) is 10.5 Å². The summed E-state index contributed by atoms with van der Waals surface area (Å²) < 4.78 is 5.14. The van der Waals surface area contributed by atoms with Crippen molar-refractivity contribution in [1.82, 2.24) is 0 Å². The van der Waals surface area contributed by atoms with Gasteiger partial charge >= 0.3 is 0 Å². The maximum atomic E-state index is 9.65. The molecule has 0 amide bonds. The Kier molecular flexibility index (Phi) is 5.42. The van der Waals surface area contributed by atoms with Gasteiger partial charge in [0.05, 0.1) is 35.2 Å². The van der Waals surface area contributed by atoms with Crippen LogP contribution in [0.1, 0.15) is 5.56 Å². The molecule has 2 atom stereocenters. The number of methoxy groups -OCH3 is 1. The van der Waals surface area contributed by atoms with Gasteiger partial charge in [0.2, 0.25) is 0 Å². The molecule has 7 heteroatoms. The smallest absolute Gasteiger partial charge is 0.137 e. The van der Waals surface area contributed by atoms with Gasteiger partial charge in [0, 0.05) is 0 Å². The zero-order chi connectivity index (χ0) is 19.4. The third-order valence-corrected chi connectivity index (χ3v) is 4.47. The average Bonchev–Trinajstić information content (AvgIpc) is 3.03. The summed E-state index contributed by atoms with van der Waals surface area (Å²) in [5.41, 5.74) is 8.27. The summed E-state index contributed by atoms with van der Waals surface area (Å²) in [4.78, 5) is 0. The highest BCUT2D eigenvalue weighted by Crippen LogP contribution is 2.30. The van der Waals surface area contributed by atoms with Crippen LogP contribution in [-0.2, 0) is 0 Å². The van der Waals surface area contributed by atoms with Crippen LogP contribution in [0.15, 0.2) is 59.2 Å². The molecule has 2 N–H and O–H groups in total. The molecule has 0 saturated carbocycles. The van der Waals surface area contributed by atoms with Gasteiger partial charge in [-0.25, -0.2) is 5.01 Å². The number of anilines is 1. The zero-order valence-corrected chi connectivity index (χ0v) is 15.3. The number of ether oxygens (including phenoxy) is 1. The van der Waals surface area contributed by atoms with Crippen molar-refractivity contribution in [2.75, 3.05) is 12.1 Å². The molecule has 1 heterocycles. The standard InChI is InChI=1S/C20H16ClN5O/c1-27-18-8-7-13(10-17(18)21)9-14(11-22)19-16(12-23)20(24)26(25-19)15-5-3-2-4-6-15/h2-10,16,20H,24H2,1H3/b14-9+/t16-,20-/m0/s1. The van der Waals surface area contributed by atoms with E-state index in [2.05, 4.69) is 17.2 Å². The minimum atomic E-state index is -0.732. The van der Waals surface area contributed by atoms with E-state index in [1.54, 1.807) is 29.3 Å². The number of rotatable bonds is 4. The van der Waals surface area contributed by atoms with Gasteiger partial charge in [0.15, 0.2) is 0 Å². The van der Waals surface area contributed by atoms with Gasteiger partial charge in [-0.15, -0.1) is 0 Å². The molecule has 1 aliphatic rings. The molecule has 0 saturated heterocycles. The number of nitriles is 2. The van der Waals surface area contributed by atoms with Gasteiger partial charge in [-0.05, 0) is 35.9 Å². The van der Waals surface area contributed by atoms with Crippen molar-refractivity contribution in [3.63, 3.8) is 0 Å². The number of hydrogen-bond acceptors (Lipinski definition) is 6. The SMILES string of the molecule is COc1ccc(/C=C(\C#N)C2=NN(c3ccccc3)[C@H](N)[C@H]2C#N)cc1Cl. The first-order chi connectivity index (χ1) is 13.1. The fourth-order valence-electron chi connectivity index (χ4n) is 2.82. The van der Waals surface area contributed by atoms with Crippen molar-refractivity contribution in [3.05, 3.63) is 64.7 Å². The highest BCUT2D eigenvalue weighted by molar-refractivity contribution is 6.32. The van der Waals surface area contributed by atoms with Gasteiger partial charge in [0.25, 0.3) is 0 Å². The molecule has 3 rings (SSSR count). The molecule has 0 aromatic heterocycles. The number of allylic oxidation sites excluding steroid dienone is 1. The van der Waals surface area contributed by atoms with Crippen molar-refractivity contribution < 1.29 is 4.74 Å². The number of para-hydroxylation sites is 1. The van der Waals surface area contributed by atoms with Crippen LogP contribution in [0.3, 0.4) is 0 Å². The van der Waals surface area contributed by atoms with Crippen molar-refractivity contribution >= 4 is 29.1 Å². The third-order valence-electron chi connectivity index (χ3n) is 4.18. The van der Waals surface area contributed by atoms with E-state index in [4.69, 9.17) is 22.1 Å². The lowest BCUT2D eigenvalue weighted by atomic mass is 9.95. The average molecular weight is 378 g/mol. The third kappa shape index (κ3) is 3.63. The zero-order valence-electron chi connectivity index (χ0n) is 14.5. The number of nitrogens with zero attached hydrogens (tertiary/aromatic N) is 4. The predicted molar refractivity (Wildman–Crippen MR) is 105 cm³/mol. The second-order valence-electron chi connectivity index (χ2n) is 5.83. The molecule has 27 heavy (non-hydrogen) atoms. The fourth-order valence-corrected chi connectivity index (χ4v) is 3.09. The van der Waals surface area contributed by atoms with Crippen LogP contribution in [0.5, 0.6) is 5.75 Å². The molecule has 0 spiro atoms. The van der Waals surface area contributed by atoms with E-state index < -0.39 is 12.1 Å². The van der Waals surface area contributed by atoms with Gasteiger partial charge in [-0.3, -0.25) is 0 Å². The Labute approximate surface area is 162 Å². The summed E-state index contributed by atoms with van der Waals surface area (Å²) >= 11 is 6.15. The molecule has 0 aliphatic carbocycles. The lowest BCUT2D eigenvalue weighted by molar-refractivity contribution is 0.415. The van der Waals surface area contributed by atoms with Gasteiger partial charge < -0.3 is 10.5 Å². The normalized spacial score (nSPS) is 19.2. The van der Waals surface area contributed by atoms with Crippen molar-refractivity contribution in [2.45, 2.75) is 6.17 Å². The summed E-state index contributed by atoms with van der Waals surface area (Å²) in [6.45, 7) is 0. The highest BCUT2D eigenvalue weighted by Gasteiger charge is 2.37. The first-order valence-electron chi connectivity index (χ1n) is 8.12. The Hall–Kier alpha value is -3.32. The lowest BCUT2D eigenvalue weighted by Crippen LogP contribution is -2.40. The summed E-state index contributed by atoms with van der Waals surface area (Å²) in [6, 6.07) is 18.7. The largest absolute Gasteiger partial charge is 0.495 e. The second-order valence-corrected chi connectivity index (χ2v) is 6.23. The van der Waals surface area contributed by atoms with Crippen molar-refractivity contribution in [3.8, 4) is 17.9 Å². The number of benzene rings is 2. The van der Waals surface area contributed by atoms with Crippen molar-refractivity contribution in [1.29, 1.82) is 10.5 Å². The van der Waals surface area contributed by atoms with Crippen LogP contribution >= 0.6 is 11.6 Å². The maximum absolute atomic E-state index is 9.65. The van der Waals surface area contributed by atoms with E-state index >= 15 is 0 Å². The van der Waals surface area contributed by atoms with Crippen LogP contribution in [0.4, 0.5) is 5.69 Å². The highest BCUT2D eigenvalue weighted by atomic mass is 35.5. The van der Waals surface area contributed by atoms with Gasteiger partial charge in [-0.2, -0.15) is 15.6 Å². The van der Waals surface area contributed by atoms with Crippen LogP contribution in [0.25, 0.3) is 6.08 Å². The lowest BCUT2D eigenvalue weighted by Gasteiger charge is -2.21. The Balaban J connectivity index is 2.02. The Bertz CT molecular complexity index is 988. The van der Waals surface area contributed by atoms with E-state index in [1.807, 2.05) is 30.3 Å². The van der Waals surface area contributed by atoms with E-state index in [1.165, 1.54) is 7.11 Å². The molecule has 0 unspecified atom stereocenters. The second kappa shape index (κ2) is 7.92.